The number of hydrogen-bond donors (Lipinski definition) is 1. The van der Waals surface area contributed by atoms with E-state index >= 15 is 0 Å². The molecule has 0 atom stereocenters. The molecule has 1 amide bonds. The highest BCUT2D eigenvalue weighted by atomic mass is 32.2. The van der Waals surface area contributed by atoms with Crippen LogP contribution in [0.3, 0.4) is 0 Å². The van der Waals surface area contributed by atoms with Gasteiger partial charge in [0.1, 0.15) is 6.07 Å². The van der Waals surface area contributed by atoms with Crippen molar-refractivity contribution in [1.82, 2.24) is 9.21 Å². The molecule has 0 unspecified atom stereocenters. The van der Waals surface area contributed by atoms with Crippen LogP contribution < -0.4 is 4.90 Å². The van der Waals surface area contributed by atoms with Crippen LogP contribution in [0.4, 0.5) is 0 Å². The lowest BCUT2D eigenvalue weighted by Crippen LogP contribution is -3.11. The van der Waals surface area contributed by atoms with Crippen molar-refractivity contribution in [1.29, 1.82) is 5.26 Å². The first-order chi connectivity index (χ1) is 12.0. The summed E-state index contributed by atoms with van der Waals surface area (Å²) in [6.07, 6.45) is 2.35. The normalized spacial score (nSPS) is 19.7. The summed E-state index contributed by atoms with van der Waals surface area (Å²) in [6.45, 7) is 3.94. The van der Waals surface area contributed by atoms with Crippen LogP contribution >= 0.6 is 0 Å². The maximum Gasteiger partial charge on any atom is 0.277 e. The van der Waals surface area contributed by atoms with Gasteiger partial charge in [0, 0.05) is 39.0 Å². The minimum absolute atomic E-state index is 0.0405. The fourth-order valence-corrected chi connectivity index (χ4v) is 5.04. The van der Waals surface area contributed by atoms with Gasteiger partial charge in [0.05, 0.1) is 23.5 Å². The highest BCUT2D eigenvalue weighted by molar-refractivity contribution is 7.89. The predicted molar refractivity (Wildman–Crippen MR) is 91.3 cm³/mol. The number of nitrogens with one attached hydrogen (secondary N) is 1. The molecule has 2 aliphatic heterocycles. The Bertz CT molecular complexity index is 773. The van der Waals surface area contributed by atoms with Gasteiger partial charge in [-0.15, -0.1) is 0 Å². The van der Waals surface area contributed by atoms with Crippen molar-refractivity contribution in [3.05, 3.63) is 29.8 Å². The predicted octanol–water partition coefficient (Wildman–Crippen LogP) is -0.930. The molecule has 8 heteroatoms. The molecule has 2 fully saturated rings. The third-order valence-electron chi connectivity index (χ3n) is 4.93. The van der Waals surface area contributed by atoms with Gasteiger partial charge in [-0.25, -0.2) is 8.42 Å². The lowest BCUT2D eigenvalue weighted by molar-refractivity contribution is -0.879. The number of nitriles is 1. The number of hydrogen-bond acceptors (Lipinski definition) is 4. The van der Waals surface area contributed by atoms with E-state index in [0.29, 0.717) is 19.6 Å². The molecule has 1 N–H and O–H groups in total. The van der Waals surface area contributed by atoms with Gasteiger partial charge in [0.25, 0.3) is 5.91 Å². The summed E-state index contributed by atoms with van der Waals surface area (Å²) in [7, 11) is -3.71. The zero-order valence-corrected chi connectivity index (χ0v) is 15.0. The number of sulfonamides is 1. The second-order valence-electron chi connectivity index (χ2n) is 6.53. The van der Waals surface area contributed by atoms with Crippen molar-refractivity contribution >= 4 is 15.9 Å². The molecular formula is C17H23N4O3S+. The van der Waals surface area contributed by atoms with E-state index in [2.05, 4.69) is 0 Å². The number of benzene rings is 1. The van der Waals surface area contributed by atoms with Crippen LogP contribution in [-0.4, -0.2) is 69.3 Å². The van der Waals surface area contributed by atoms with Gasteiger partial charge in [0.15, 0.2) is 6.54 Å². The Morgan fingerprint density at radius 3 is 2.40 bits per heavy atom. The summed E-state index contributed by atoms with van der Waals surface area (Å²) < 4.78 is 26.9. The summed E-state index contributed by atoms with van der Waals surface area (Å²) in [5.74, 6) is 0.103. The third kappa shape index (κ3) is 3.84. The minimum Gasteiger partial charge on any atom is -0.335 e. The van der Waals surface area contributed by atoms with Gasteiger partial charge in [0.2, 0.25) is 10.0 Å². The second-order valence-corrected chi connectivity index (χ2v) is 8.43. The molecule has 2 heterocycles. The maximum absolute atomic E-state index is 12.8. The molecule has 3 rings (SSSR count). The van der Waals surface area contributed by atoms with Crippen LogP contribution in [0.2, 0.25) is 0 Å². The van der Waals surface area contributed by atoms with Gasteiger partial charge in [-0.2, -0.15) is 9.57 Å². The number of likely N-dealkylation sites (tertiary alicyclic amines) is 1. The maximum atomic E-state index is 12.8. The molecule has 2 saturated heterocycles. The monoisotopic (exact) mass is 363 g/mol. The molecular weight excluding hydrogens is 340 g/mol. The fraction of sp³-hybridized carbons (Fsp3) is 0.529. The van der Waals surface area contributed by atoms with Crippen molar-refractivity contribution in [3.63, 3.8) is 0 Å². The minimum atomic E-state index is -3.71. The van der Waals surface area contributed by atoms with E-state index in [0.717, 1.165) is 13.1 Å². The van der Waals surface area contributed by atoms with E-state index in [1.165, 1.54) is 34.2 Å². The largest absolute Gasteiger partial charge is 0.335 e. The molecule has 0 bridgehead atoms. The smallest absolute Gasteiger partial charge is 0.277 e. The van der Waals surface area contributed by atoms with Gasteiger partial charge in [-0.1, -0.05) is 12.1 Å². The average molecular weight is 363 g/mol. The van der Waals surface area contributed by atoms with Gasteiger partial charge < -0.3 is 9.80 Å². The number of carbonyl (C=O) groups is 1. The Balaban J connectivity index is 1.63. The number of carbonyl (C=O) groups excluding carboxylic acids is 1. The second kappa shape index (κ2) is 7.52. The zero-order valence-electron chi connectivity index (χ0n) is 14.1. The lowest BCUT2D eigenvalue weighted by atomic mass is 10.2. The Labute approximate surface area is 148 Å². The van der Waals surface area contributed by atoms with E-state index in [1.54, 1.807) is 17.0 Å². The van der Waals surface area contributed by atoms with E-state index in [-0.39, 0.29) is 29.5 Å². The molecule has 0 aromatic heterocycles. The van der Waals surface area contributed by atoms with Crippen molar-refractivity contribution < 1.29 is 18.1 Å². The SMILES string of the molecule is N#Cc1ccccc1S(=O)(=O)N1CCN(C(=O)C[NH+]2CCCC2)CC1. The van der Waals surface area contributed by atoms with Crippen LogP contribution in [0.15, 0.2) is 29.2 Å². The summed E-state index contributed by atoms with van der Waals surface area (Å²) in [5, 5.41) is 9.14. The number of nitrogens with zero attached hydrogens (tertiary/aromatic N) is 3. The van der Waals surface area contributed by atoms with Crippen LogP contribution in [0, 0.1) is 11.3 Å². The van der Waals surface area contributed by atoms with Crippen molar-refractivity contribution in [2.45, 2.75) is 17.7 Å². The van der Waals surface area contributed by atoms with Crippen LogP contribution in [0.5, 0.6) is 0 Å². The van der Waals surface area contributed by atoms with Crippen molar-refractivity contribution in [2.24, 2.45) is 0 Å². The summed E-state index contributed by atoms with van der Waals surface area (Å²) in [5.41, 5.74) is 0.152. The standard InChI is InChI=1S/C17H22N4O3S/c18-13-15-5-1-2-6-16(15)25(23,24)21-11-9-20(10-12-21)17(22)14-19-7-3-4-8-19/h1-2,5-6H,3-4,7-12,14H2/p+1. The van der Waals surface area contributed by atoms with E-state index in [4.69, 9.17) is 5.26 Å². The first kappa shape index (κ1) is 17.9. The number of piperazine rings is 1. The van der Waals surface area contributed by atoms with Crippen molar-refractivity contribution in [2.75, 3.05) is 45.8 Å². The van der Waals surface area contributed by atoms with Gasteiger partial charge >= 0.3 is 0 Å². The van der Waals surface area contributed by atoms with E-state index in [1.807, 2.05) is 6.07 Å². The molecule has 7 nitrogen and oxygen atoms in total. The molecule has 25 heavy (non-hydrogen) atoms. The quantitative estimate of drug-likeness (QED) is 0.749. The Kier molecular flexibility index (Phi) is 5.37. The molecule has 2 aliphatic rings. The molecule has 0 aliphatic carbocycles. The molecule has 0 spiro atoms. The Morgan fingerprint density at radius 2 is 1.76 bits per heavy atom. The zero-order chi connectivity index (χ0) is 17.9. The lowest BCUT2D eigenvalue weighted by Gasteiger charge is -2.34. The summed E-state index contributed by atoms with van der Waals surface area (Å²) in [4.78, 5) is 15.5. The molecule has 0 saturated carbocycles. The first-order valence-corrected chi connectivity index (χ1v) is 10.1. The van der Waals surface area contributed by atoms with Crippen molar-refractivity contribution in [3.8, 4) is 6.07 Å². The Hall–Kier alpha value is -1.95. The molecule has 0 radical (unpaired) electrons. The van der Waals surface area contributed by atoms with Gasteiger partial charge in [-0.3, -0.25) is 4.79 Å². The molecule has 1 aromatic carbocycles. The number of quaternary nitrogens is 1. The number of amides is 1. The molecule has 134 valence electrons. The average Bonchev–Trinajstić information content (AvgIpc) is 3.14. The summed E-state index contributed by atoms with van der Waals surface area (Å²) in [6, 6.07) is 8.17. The molecule has 1 aromatic rings. The highest BCUT2D eigenvalue weighted by Crippen LogP contribution is 2.21. The Morgan fingerprint density at radius 1 is 1.12 bits per heavy atom. The van der Waals surface area contributed by atoms with E-state index < -0.39 is 10.0 Å². The first-order valence-electron chi connectivity index (χ1n) is 8.63. The summed E-state index contributed by atoms with van der Waals surface area (Å²) >= 11 is 0. The van der Waals surface area contributed by atoms with Crippen LogP contribution in [0.25, 0.3) is 0 Å². The topological polar surface area (TPSA) is 85.9 Å². The number of rotatable bonds is 4. The van der Waals surface area contributed by atoms with Crippen LogP contribution in [0.1, 0.15) is 18.4 Å². The third-order valence-corrected chi connectivity index (χ3v) is 6.89. The fourth-order valence-electron chi connectivity index (χ4n) is 3.48. The van der Waals surface area contributed by atoms with E-state index in [9.17, 15) is 13.2 Å². The van der Waals surface area contributed by atoms with Gasteiger partial charge in [-0.05, 0) is 12.1 Å². The van der Waals surface area contributed by atoms with Crippen LogP contribution in [-0.2, 0) is 14.8 Å². The highest BCUT2D eigenvalue weighted by Gasteiger charge is 2.32.